The van der Waals surface area contributed by atoms with Gasteiger partial charge in [0.1, 0.15) is 23.7 Å². The summed E-state index contributed by atoms with van der Waals surface area (Å²) >= 11 is 5.95. The first-order valence-electron chi connectivity index (χ1n) is 13.8. The van der Waals surface area contributed by atoms with E-state index in [-0.39, 0.29) is 22.3 Å². The second kappa shape index (κ2) is 11.6. The van der Waals surface area contributed by atoms with E-state index >= 15 is 0 Å². The molecule has 41 heavy (non-hydrogen) atoms. The molecule has 9 nitrogen and oxygen atoms in total. The van der Waals surface area contributed by atoms with Crippen molar-refractivity contribution in [3.63, 3.8) is 0 Å². The first kappa shape index (κ1) is 27.4. The lowest BCUT2D eigenvalue weighted by Crippen LogP contribution is -2.40. The summed E-state index contributed by atoms with van der Waals surface area (Å²) in [6.45, 7) is 3.46. The molecular weight excluding hydrogens is 549 g/mol. The normalized spacial score (nSPS) is 18.6. The number of anilines is 3. The van der Waals surface area contributed by atoms with Crippen LogP contribution in [0.4, 0.5) is 21.6 Å². The minimum Gasteiger partial charge on any atom is -0.491 e. The molecule has 3 heterocycles. The van der Waals surface area contributed by atoms with E-state index in [0.717, 1.165) is 38.8 Å². The van der Waals surface area contributed by atoms with E-state index in [2.05, 4.69) is 25.5 Å². The van der Waals surface area contributed by atoms with Crippen LogP contribution in [0.3, 0.4) is 0 Å². The van der Waals surface area contributed by atoms with E-state index in [1.54, 1.807) is 18.2 Å². The number of nitrogens with one attached hydrogen (secondary N) is 2. The zero-order valence-corrected chi connectivity index (χ0v) is 23.3. The third-order valence-electron chi connectivity index (χ3n) is 7.96. The van der Waals surface area contributed by atoms with Gasteiger partial charge in [-0.15, -0.1) is 0 Å². The molecule has 0 bridgehead atoms. The zero-order chi connectivity index (χ0) is 28.4. The second-order valence-corrected chi connectivity index (χ2v) is 11.5. The minimum atomic E-state index is -0.510. The summed E-state index contributed by atoms with van der Waals surface area (Å²) in [5.74, 6) is 0.658. The number of rotatable bonds is 9. The van der Waals surface area contributed by atoms with E-state index < -0.39 is 5.82 Å². The Morgan fingerprint density at radius 2 is 2.05 bits per heavy atom. The smallest absolute Gasteiger partial charge is 0.306 e. The summed E-state index contributed by atoms with van der Waals surface area (Å²) in [5, 5.41) is 6.78. The molecule has 0 atom stereocenters. The number of halogens is 2. The summed E-state index contributed by atoms with van der Waals surface area (Å²) in [5.41, 5.74) is 1.69. The van der Waals surface area contributed by atoms with Crippen molar-refractivity contribution in [1.82, 2.24) is 14.9 Å². The molecule has 1 amide bonds. The predicted molar refractivity (Wildman–Crippen MR) is 154 cm³/mol. The van der Waals surface area contributed by atoms with Crippen molar-refractivity contribution in [2.75, 3.05) is 43.5 Å². The van der Waals surface area contributed by atoms with Crippen molar-refractivity contribution in [2.24, 2.45) is 11.3 Å². The Morgan fingerprint density at radius 3 is 2.78 bits per heavy atom. The third-order valence-corrected chi connectivity index (χ3v) is 8.25. The van der Waals surface area contributed by atoms with Crippen LogP contribution < -0.4 is 15.4 Å². The molecule has 1 aromatic heterocycles. The van der Waals surface area contributed by atoms with Crippen LogP contribution in [0.15, 0.2) is 48.8 Å². The third kappa shape index (κ3) is 6.60. The first-order chi connectivity index (χ1) is 19.9. The van der Waals surface area contributed by atoms with Gasteiger partial charge in [-0.1, -0.05) is 17.7 Å². The average molecular weight is 580 g/mol. The van der Waals surface area contributed by atoms with Crippen LogP contribution in [-0.2, 0) is 14.3 Å². The van der Waals surface area contributed by atoms with Gasteiger partial charge >= 0.3 is 5.97 Å². The van der Waals surface area contributed by atoms with Gasteiger partial charge in [-0.3, -0.25) is 14.5 Å². The highest BCUT2D eigenvalue weighted by Crippen LogP contribution is 2.40. The summed E-state index contributed by atoms with van der Waals surface area (Å²) in [6.07, 6.45) is 9.43. The summed E-state index contributed by atoms with van der Waals surface area (Å²) < 4.78 is 24.9. The molecular formula is C30H31ClFN5O4. The fraction of sp³-hybridized carbons (Fsp3) is 0.400. The molecule has 2 saturated heterocycles. The number of carbonyl (C=O) groups excluding carboxylic acids is 2. The maximum Gasteiger partial charge on any atom is 0.306 e. The lowest BCUT2D eigenvalue weighted by Gasteiger charge is -2.36. The highest BCUT2D eigenvalue weighted by atomic mass is 35.5. The van der Waals surface area contributed by atoms with Crippen molar-refractivity contribution in [2.45, 2.75) is 32.1 Å². The Balaban J connectivity index is 1.16. The second-order valence-electron chi connectivity index (χ2n) is 11.1. The van der Waals surface area contributed by atoms with Gasteiger partial charge < -0.3 is 20.1 Å². The number of benzene rings is 2. The largest absolute Gasteiger partial charge is 0.491 e. The number of esters is 1. The van der Waals surface area contributed by atoms with Gasteiger partial charge in [-0.2, -0.15) is 0 Å². The molecule has 2 aliphatic heterocycles. The Morgan fingerprint density at radius 1 is 1.22 bits per heavy atom. The summed E-state index contributed by atoms with van der Waals surface area (Å²) in [6, 6.07) is 7.91. The van der Waals surface area contributed by atoms with Crippen molar-refractivity contribution < 1.29 is 23.5 Å². The van der Waals surface area contributed by atoms with Crippen LogP contribution in [0.1, 0.15) is 32.1 Å². The number of carbonyl (C=O) groups is 2. The number of fused-ring (bicyclic) bond motifs is 1. The van der Waals surface area contributed by atoms with Crippen LogP contribution in [0.25, 0.3) is 10.9 Å². The summed E-state index contributed by atoms with van der Waals surface area (Å²) in [4.78, 5) is 35.5. The predicted octanol–water partition coefficient (Wildman–Crippen LogP) is 5.48. The lowest BCUT2D eigenvalue weighted by molar-refractivity contribution is -0.137. The van der Waals surface area contributed by atoms with Gasteiger partial charge in [-0.25, -0.2) is 14.4 Å². The fourth-order valence-electron chi connectivity index (χ4n) is 5.26. The molecule has 2 aromatic carbocycles. The highest BCUT2D eigenvalue weighted by Gasteiger charge is 2.42. The van der Waals surface area contributed by atoms with Crippen molar-refractivity contribution in [1.29, 1.82) is 0 Å². The molecule has 6 rings (SSSR count). The average Bonchev–Trinajstić information content (AvgIpc) is 3.72. The summed E-state index contributed by atoms with van der Waals surface area (Å²) in [7, 11) is 0. The monoisotopic (exact) mass is 579 g/mol. The Hall–Kier alpha value is -3.76. The van der Waals surface area contributed by atoms with Crippen molar-refractivity contribution >= 4 is 51.6 Å². The van der Waals surface area contributed by atoms with Gasteiger partial charge in [0.15, 0.2) is 0 Å². The number of likely N-dealkylation sites (tertiary alicyclic amines) is 1. The van der Waals surface area contributed by atoms with Crippen molar-refractivity contribution in [3.05, 3.63) is 59.7 Å². The van der Waals surface area contributed by atoms with Crippen LogP contribution >= 0.6 is 11.6 Å². The first-order valence-corrected chi connectivity index (χ1v) is 14.2. The molecule has 1 saturated carbocycles. The van der Waals surface area contributed by atoms with Gasteiger partial charge in [0.2, 0.25) is 5.91 Å². The Labute approximate surface area is 242 Å². The molecule has 3 fully saturated rings. The number of piperidine rings is 1. The zero-order valence-electron chi connectivity index (χ0n) is 22.5. The molecule has 0 unspecified atom stereocenters. The van der Waals surface area contributed by atoms with E-state index in [1.165, 1.54) is 24.5 Å². The maximum absolute atomic E-state index is 13.6. The van der Waals surface area contributed by atoms with Crippen LogP contribution in [-0.4, -0.2) is 59.6 Å². The maximum atomic E-state index is 13.6. The standard InChI is InChI=1S/C30H31ClFN5O4/c31-22-12-20(5-6-23(22)32)35-29-21-13-25(26(40-16-19-3-4-19)14-24(21)33-18-34-29)36-27(38)2-1-9-37-10-7-30(8-11-37)15-28(39)41-17-30/h1-2,5-6,12-14,18-19H,3-4,7-11,15-17H2,(H,36,38)(H,33,34,35). The Kier molecular flexibility index (Phi) is 7.77. The number of ether oxygens (including phenoxy) is 2. The molecule has 0 radical (unpaired) electrons. The molecule has 2 N–H and O–H groups in total. The molecule has 1 aliphatic carbocycles. The van der Waals surface area contributed by atoms with E-state index in [4.69, 9.17) is 21.1 Å². The number of nitrogens with zero attached hydrogens (tertiary/aromatic N) is 3. The van der Waals surface area contributed by atoms with Crippen molar-refractivity contribution in [3.8, 4) is 5.75 Å². The molecule has 214 valence electrons. The number of amides is 1. The van der Waals surface area contributed by atoms with Gasteiger partial charge in [0, 0.05) is 35.2 Å². The SMILES string of the molecule is O=C(C=CCN1CCC2(CC1)COC(=O)C2)Nc1cc2c(Nc3ccc(F)c(Cl)c3)ncnc2cc1OCC1CC1. The van der Waals surface area contributed by atoms with E-state index in [9.17, 15) is 14.0 Å². The van der Waals surface area contributed by atoms with Crippen LogP contribution in [0.5, 0.6) is 5.75 Å². The molecule has 3 aliphatic rings. The van der Waals surface area contributed by atoms with Gasteiger partial charge in [-0.05, 0) is 69.0 Å². The van der Waals surface area contributed by atoms with E-state index in [1.807, 2.05) is 6.08 Å². The molecule has 1 spiro atoms. The number of hydrogen-bond donors (Lipinski definition) is 2. The topological polar surface area (TPSA) is 106 Å². The van der Waals surface area contributed by atoms with Crippen LogP contribution in [0.2, 0.25) is 5.02 Å². The fourth-order valence-corrected chi connectivity index (χ4v) is 5.44. The van der Waals surface area contributed by atoms with E-state index in [0.29, 0.717) is 65.9 Å². The number of cyclic esters (lactones) is 1. The molecule has 11 heteroatoms. The minimum absolute atomic E-state index is 0.00410. The number of aromatic nitrogens is 2. The quantitative estimate of drug-likeness (QED) is 0.254. The molecule has 3 aromatic rings. The lowest BCUT2D eigenvalue weighted by atomic mass is 9.78. The van der Waals surface area contributed by atoms with Crippen LogP contribution in [0, 0.1) is 17.2 Å². The highest BCUT2D eigenvalue weighted by molar-refractivity contribution is 6.31. The van der Waals surface area contributed by atoms with Gasteiger partial charge in [0.25, 0.3) is 0 Å². The Bertz CT molecular complexity index is 1500. The van der Waals surface area contributed by atoms with Gasteiger partial charge in [0.05, 0.1) is 35.9 Å². The number of hydrogen-bond acceptors (Lipinski definition) is 8.